The first-order valence-electron chi connectivity index (χ1n) is 5.72. The monoisotopic (exact) mass is 219 g/mol. The molecule has 0 aliphatic rings. The molecule has 0 aliphatic heterocycles. The molecule has 1 unspecified atom stereocenters. The van der Waals surface area contributed by atoms with Crippen LogP contribution in [-0.4, -0.2) is 25.1 Å². The predicted octanol–water partition coefficient (Wildman–Crippen LogP) is 2.37. The second-order valence-corrected chi connectivity index (χ2v) is 3.75. The van der Waals surface area contributed by atoms with Gasteiger partial charge in [0.15, 0.2) is 0 Å². The van der Waals surface area contributed by atoms with Crippen molar-refractivity contribution in [1.82, 2.24) is 10.3 Å². The van der Waals surface area contributed by atoms with Gasteiger partial charge in [0.1, 0.15) is 5.82 Å². The Kier molecular flexibility index (Phi) is 4.99. The van der Waals surface area contributed by atoms with Crippen LogP contribution in [0.4, 0.5) is 5.82 Å². The summed E-state index contributed by atoms with van der Waals surface area (Å²) in [6, 6.07) is 4.41. The van der Waals surface area contributed by atoms with Gasteiger partial charge in [-0.3, -0.25) is 0 Å². The fourth-order valence-electron chi connectivity index (χ4n) is 1.69. The van der Waals surface area contributed by atoms with Gasteiger partial charge in [-0.1, -0.05) is 12.1 Å². The van der Waals surface area contributed by atoms with Crippen LogP contribution in [0.3, 0.4) is 0 Å². The average molecular weight is 219 g/mol. The van der Waals surface area contributed by atoms with Crippen molar-refractivity contribution in [2.75, 3.05) is 25.0 Å². The van der Waals surface area contributed by atoms with Crippen LogP contribution in [0.5, 0.6) is 0 Å². The highest BCUT2D eigenvalue weighted by Crippen LogP contribution is 2.23. The number of aromatic nitrogens is 1. The van der Waals surface area contributed by atoms with E-state index >= 15 is 0 Å². The van der Waals surface area contributed by atoms with Gasteiger partial charge in [0.25, 0.3) is 0 Å². The highest BCUT2D eigenvalue weighted by Gasteiger charge is 2.13. The van der Waals surface area contributed by atoms with Crippen LogP contribution in [0, 0.1) is 0 Å². The Hall–Kier alpha value is -1.35. The first-order valence-corrected chi connectivity index (χ1v) is 5.72. The third kappa shape index (κ3) is 2.83. The van der Waals surface area contributed by atoms with Crippen molar-refractivity contribution in [3.05, 3.63) is 36.5 Å². The molecule has 1 heterocycles. The minimum atomic E-state index is 0.308. The summed E-state index contributed by atoms with van der Waals surface area (Å²) in [5.41, 5.74) is 1.23. The SMILES string of the molecule is C=CCN(CC)c1ncccc1C(C)NC. The lowest BCUT2D eigenvalue weighted by Crippen LogP contribution is -2.26. The molecule has 3 nitrogen and oxygen atoms in total. The molecule has 0 saturated carbocycles. The normalized spacial score (nSPS) is 12.2. The van der Waals surface area contributed by atoms with Gasteiger partial charge in [-0.05, 0) is 27.0 Å². The maximum absolute atomic E-state index is 4.48. The maximum atomic E-state index is 4.48. The predicted molar refractivity (Wildman–Crippen MR) is 69.8 cm³/mol. The summed E-state index contributed by atoms with van der Waals surface area (Å²) in [6.07, 6.45) is 3.75. The van der Waals surface area contributed by atoms with E-state index in [1.165, 1.54) is 5.56 Å². The minimum absolute atomic E-state index is 0.308. The topological polar surface area (TPSA) is 28.2 Å². The molecule has 0 radical (unpaired) electrons. The summed E-state index contributed by atoms with van der Waals surface area (Å²) in [4.78, 5) is 6.69. The standard InChI is InChI=1S/C13H21N3/c1-5-10-16(6-2)13-12(11(3)14-4)8-7-9-15-13/h5,7-9,11,14H,1,6,10H2,2-4H3. The summed E-state index contributed by atoms with van der Waals surface area (Å²) < 4.78 is 0. The third-order valence-electron chi connectivity index (χ3n) is 2.75. The van der Waals surface area contributed by atoms with Crippen LogP contribution in [-0.2, 0) is 0 Å². The first-order chi connectivity index (χ1) is 7.74. The molecule has 1 aromatic rings. The highest BCUT2D eigenvalue weighted by atomic mass is 15.2. The molecule has 0 fully saturated rings. The van der Waals surface area contributed by atoms with Gasteiger partial charge in [-0.15, -0.1) is 6.58 Å². The number of hydrogen-bond acceptors (Lipinski definition) is 3. The van der Waals surface area contributed by atoms with Gasteiger partial charge >= 0.3 is 0 Å². The fourth-order valence-corrected chi connectivity index (χ4v) is 1.69. The van der Waals surface area contributed by atoms with E-state index in [0.717, 1.165) is 18.9 Å². The third-order valence-corrected chi connectivity index (χ3v) is 2.75. The molecular formula is C13H21N3. The summed E-state index contributed by atoms with van der Waals surface area (Å²) in [5.74, 6) is 1.05. The van der Waals surface area contributed by atoms with Crippen molar-refractivity contribution < 1.29 is 0 Å². The smallest absolute Gasteiger partial charge is 0.133 e. The van der Waals surface area contributed by atoms with Gasteiger partial charge in [0, 0.05) is 30.9 Å². The number of rotatable bonds is 6. The van der Waals surface area contributed by atoms with Crippen molar-refractivity contribution >= 4 is 5.82 Å². The zero-order valence-corrected chi connectivity index (χ0v) is 10.4. The van der Waals surface area contributed by atoms with Crippen LogP contribution in [0.1, 0.15) is 25.5 Å². The van der Waals surface area contributed by atoms with E-state index in [2.05, 4.69) is 41.7 Å². The molecule has 0 bridgehead atoms. The lowest BCUT2D eigenvalue weighted by Gasteiger charge is -2.25. The van der Waals surface area contributed by atoms with Crippen LogP contribution >= 0.6 is 0 Å². The Morgan fingerprint density at radius 3 is 2.94 bits per heavy atom. The second-order valence-electron chi connectivity index (χ2n) is 3.75. The minimum Gasteiger partial charge on any atom is -0.353 e. The molecule has 0 saturated heterocycles. The summed E-state index contributed by atoms with van der Waals surface area (Å²) in [5, 5.41) is 3.25. The number of likely N-dealkylation sites (N-methyl/N-ethyl adjacent to an activating group) is 1. The van der Waals surface area contributed by atoms with E-state index in [1.807, 2.05) is 25.4 Å². The number of anilines is 1. The van der Waals surface area contributed by atoms with Crippen molar-refractivity contribution in [2.45, 2.75) is 19.9 Å². The lowest BCUT2D eigenvalue weighted by molar-refractivity contribution is 0.645. The van der Waals surface area contributed by atoms with Crippen LogP contribution in [0.2, 0.25) is 0 Å². The van der Waals surface area contributed by atoms with Gasteiger partial charge in [-0.25, -0.2) is 4.98 Å². The van der Waals surface area contributed by atoms with Crippen LogP contribution < -0.4 is 10.2 Å². The molecule has 0 aliphatic carbocycles. The molecule has 1 aromatic heterocycles. The van der Waals surface area contributed by atoms with Gasteiger partial charge in [0.05, 0.1) is 0 Å². The summed E-state index contributed by atoms with van der Waals surface area (Å²) in [6.45, 7) is 9.82. The van der Waals surface area contributed by atoms with E-state index in [-0.39, 0.29) is 0 Å². The lowest BCUT2D eigenvalue weighted by atomic mass is 10.1. The van der Waals surface area contributed by atoms with Crippen LogP contribution in [0.25, 0.3) is 0 Å². The number of nitrogens with zero attached hydrogens (tertiary/aromatic N) is 2. The Morgan fingerprint density at radius 2 is 2.38 bits per heavy atom. The fraction of sp³-hybridized carbons (Fsp3) is 0.462. The second kappa shape index (κ2) is 6.28. The summed E-state index contributed by atoms with van der Waals surface area (Å²) >= 11 is 0. The van der Waals surface area contributed by atoms with E-state index in [1.54, 1.807) is 0 Å². The number of hydrogen-bond donors (Lipinski definition) is 1. The van der Waals surface area contributed by atoms with E-state index in [9.17, 15) is 0 Å². The van der Waals surface area contributed by atoms with Crippen molar-refractivity contribution in [2.24, 2.45) is 0 Å². The molecule has 16 heavy (non-hydrogen) atoms. The molecular weight excluding hydrogens is 198 g/mol. The highest BCUT2D eigenvalue weighted by molar-refractivity contribution is 5.48. The molecule has 0 amide bonds. The van der Waals surface area contributed by atoms with Crippen LogP contribution in [0.15, 0.2) is 31.0 Å². The molecule has 1 N–H and O–H groups in total. The molecule has 1 atom stereocenters. The quantitative estimate of drug-likeness (QED) is 0.745. The zero-order chi connectivity index (χ0) is 12.0. The molecule has 88 valence electrons. The van der Waals surface area contributed by atoms with Gasteiger partial charge < -0.3 is 10.2 Å². The Balaban J connectivity index is 3.05. The average Bonchev–Trinajstić information content (AvgIpc) is 2.35. The van der Waals surface area contributed by atoms with E-state index in [4.69, 9.17) is 0 Å². The maximum Gasteiger partial charge on any atom is 0.133 e. The van der Waals surface area contributed by atoms with Crippen molar-refractivity contribution in [1.29, 1.82) is 0 Å². The largest absolute Gasteiger partial charge is 0.353 e. The number of pyridine rings is 1. The molecule has 0 aromatic carbocycles. The van der Waals surface area contributed by atoms with Gasteiger partial charge in [-0.2, -0.15) is 0 Å². The first kappa shape index (κ1) is 12.7. The molecule has 3 heteroatoms. The zero-order valence-electron chi connectivity index (χ0n) is 10.4. The molecule has 1 rings (SSSR count). The van der Waals surface area contributed by atoms with E-state index in [0.29, 0.717) is 6.04 Å². The summed E-state index contributed by atoms with van der Waals surface area (Å²) in [7, 11) is 1.96. The van der Waals surface area contributed by atoms with Gasteiger partial charge in [0.2, 0.25) is 0 Å². The molecule has 0 spiro atoms. The Bertz CT molecular complexity index is 336. The van der Waals surface area contributed by atoms with E-state index < -0.39 is 0 Å². The van der Waals surface area contributed by atoms with Crippen molar-refractivity contribution in [3.63, 3.8) is 0 Å². The Morgan fingerprint density at radius 1 is 1.62 bits per heavy atom. The number of nitrogens with one attached hydrogen (secondary N) is 1. The van der Waals surface area contributed by atoms with Crippen molar-refractivity contribution in [3.8, 4) is 0 Å². The Labute approximate surface area is 98.2 Å².